The van der Waals surface area contributed by atoms with Gasteiger partial charge in [0.05, 0.1) is 32.5 Å². The number of hydrogen-bond acceptors (Lipinski definition) is 10. The maximum atomic E-state index is 12.9. The van der Waals surface area contributed by atoms with Gasteiger partial charge in [-0.2, -0.15) is 9.97 Å². The van der Waals surface area contributed by atoms with Gasteiger partial charge < -0.3 is 34.4 Å². The number of carbonyl (C=O) groups is 1. The van der Waals surface area contributed by atoms with Gasteiger partial charge in [-0.25, -0.2) is 4.79 Å². The maximum absolute atomic E-state index is 12.9. The number of piperidine rings is 1. The molecule has 190 valence electrons. The highest BCUT2D eigenvalue weighted by Crippen LogP contribution is 2.32. The molecule has 0 saturated carbocycles. The van der Waals surface area contributed by atoms with Gasteiger partial charge in [-0.1, -0.05) is 17.7 Å². The number of aliphatic hydroxyl groups excluding tert-OH is 1. The highest BCUT2D eigenvalue weighted by atomic mass is 35.5. The summed E-state index contributed by atoms with van der Waals surface area (Å²) in [5.41, 5.74) is 1.20. The molecule has 0 bridgehead atoms. The number of benzene rings is 1. The number of methoxy groups -OCH3 is 2. The fraction of sp³-hybridized carbons (Fsp3) is 0.542. The molecule has 0 atom stereocenters. The number of aromatic nitrogens is 2. The predicted molar refractivity (Wildman–Crippen MR) is 134 cm³/mol. The first-order valence-electron chi connectivity index (χ1n) is 11.8. The minimum atomic E-state index is -0.507. The first-order valence-corrected chi connectivity index (χ1v) is 12.2. The lowest BCUT2D eigenvalue weighted by Gasteiger charge is -2.34. The Morgan fingerprint density at radius 3 is 2.54 bits per heavy atom. The van der Waals surface area contributed by atoms with Crippen LogP contribution in [-0.4, -0.2) is 81.3 Å². The average molecular weight is 506 g/mol. The Hall–Kier alpha value is -2.82. The van der Waals surface area contributed by atoms with Crippen molar-refractivity contribution in [1.82, 2.24) is 9.97 Å². The number of nitrogens with one attached hydrogen (secondary N) is 1. The largest absolute Gasteiger partial charge is 0.495 e. The molecule has 2 saturated heterocycles. The fourth-order valence-corrected chi connectivity index (χ4v) is 4.60. The van der Waals surface area contributed by atoms with Crippen LogP contribution >= 0.6 is 11.6 Å². The Morgan fingerprint density at radius 2 is 1.91 bits per heavy atom. The Bertz CT molecular complexity index is 1030. The van der Waals surface area contributed by atoms with Gasteiger partial charge in [0.1, 0.15) is 17.1 Å². The molecule has 1 aromatic heterocycles. The van der Waals surface area contributed by atoms with Crippen LogP contribution in [0.1, 0.15) is 28.8 Å². The zero-order valence-electron chi connectivity index (χ0n) is 20.1. The van der Waals surface area contributed by atoms with E-state index in [2.05, 4.69) is 10.2 Å². The van der Waals surface area contributed by atoms with E-state index in [1.54, 1.807) is 13.2 Å². The number of hydrogen-bond donors (Lipinski definition) is 2. The van der Waals surface area contributed by atoms with Crippen LogP contribution in [-0.2, 0) is 16.0 Å². The lowest BCUT2D eigenvalue weighted by atomic mass is 9.98. The van der Waals surface area contributed by atoms with E-state index in [1.165, 1.54) is 7.11 Å². The average Bonchev–Trinajstić information content (AvgIpc) is 2.91. The number of morpholine rings is 1. The minimum Gasteiger partial charge on any atom is -0.495 e. The molecule has 0 radical (unpaired) electrons. The van der Waals surface area contributed by atoms with Crippen molar-refractivity contribution in [1.29, 1.82) is 0 Å². The molecule has 10 nitrogen and oxygen atoms in total. The molecule has 2 N–H and O–H groups in total. The summed E-state index contributed by atoms with van der Waals surface area (Å²) in [5, 5.41) is 13.3. The minimum absolute atomic E-state index is 0.187. The van der Waals surface area contributed by atoms with Gasteiger partial charge in [0, 0.05) is 39.3 Å². The molecule has 4 rings (SSSR count). The van der Waals surface area contributed by atoms with Crippen molar-refractivity contribution in [2.75, 3.05) is 75.3 Å². The van der Waals surface area contributed by atoms with Crippen LogP contribution < -0.4 is 19.9 Å². The zero-order valence-corrected chi connectivity index (χ0v) is 20.9. The first-order chi connectivity index (χ1) is 17.0. The molecule has 35 heavy (non-hydrogen) atoms. The number of ether oxygens (including phenoxy) is 3. The van der Waals surface area contributed by atoms with Crippen molar-refractivity contribution in [3.63, 3.8) is 0 Å². The van der Waals surface area contributed by atoms with Crippen molar-refractivity contribution in [3.8, 4) is 5.75 Å². The zero-order chi connectivity index (χ0) is 24.8. The summed E-state index contributed by atoms with van der Waals surface area (Å²) in [4.78, 5) is 26.7. The van der Waals surface area contributed by atoms with Crippen LogP contribution in [0.25, 0.3) is 0 Å². The molecule has 0 unspecified atom stereocenters. The van der Waals surface area contributed by atoms with E-state index >= 15 is 0 Å². The highest BCUT2D eigenvalue weighted by molar-refractivity contribution is 6.32. The molecule has 3 heterocycles. The monoisotopic (exact) mass is 505 g/mol. The summed E-state index contributed by atoms with van der Waals surface area (Å²) in [6.07, 6.45) is 1.72. The fourth-order valence-electron chi connectivity index (χ4n) is 4.32. The van der Waals surface area contributed by atoms with E-state index < -0.39 is 5.97 Å². The first kappa shape index (κ1) is 25.3. The number of rotatable bonds is 8. The Morgan fingerprint density at radius 1 is 1.17 bits per heavy atom. The summed E-state index contributed by atoms with van der Waals surface area (Å²) >= 11 is 6.30. The predicted octanol–water partition coefficient (Wildman–Crippen LogP) is 2.58. The van der Waals surface area contributed by atoms with E-state index in [4.69, 9.17) is 35.8 Å². The van der Waals surface area contributed by atoms with Crippen LogP contribution in [0.4, 0.5) is 17.6 Å². The van der Waals surface area contributed by atoms with Crippen LogP contribution in [0.3, 0.4) is 0 Å². The molecule has 0 amide bonds. The van der Waals surface area contributed by atoms with Gasteiger partial charge in [-0.15, -0.1) is 0 Å². The number of esters is 1. The third-order valence-electron chi connectivity index (χ3n) is 6.41. The standard InChI is InChI=1S/C24H32ClN5O5/c1-33-19-4-3-17(13-18(19)25)14-26-21-20(23(32)34-2)22(29-9-11-35-12-10-29)28-24(27-21)30-7-5-16(15-31)6-8-30/h3-4,13,16,31H,5-12,14-15H2,1-2H3,(H,26,27,28). The third-order valence-corrected chi connectivity index (χ3v) is 6.71. The van der Waals surface area contributed by atoms with E-state index in [9.17, 15) is 9.90 Å². The van der Waals surface area contributed by atoms with Gasteiger partial charge in [-0.3, -0.25) is 0 Å². The molecular formula is C24H32ClN5O5. The molecule has 2 aromatic rings. The van der Waals surface area contributed by atoms with E-state index in [0.29, 0.717) is 66.8 Å². The molecule has 2 aliphatic heterocycles. The smallest absolute Gasteiger partial charge is 0.345 e. The van der Waals surface area contributed by atoms with Gasteiger partial charge >= 0.3 is 5.97 Å². The van der Waals surface area contributed by atoms with Crippen molar-refractivity contribution in [2.24, 2.45) is 5.92 Å². The molecular weight excluding hydrogens is 474 g/mol. The Kier molecular flexibility index (Phi) is 8.48. The molecule has 0 spiro atoms. The van der Waals surface area contributed by atoms with E-state index in [-0.39, 0.29) is 12.5 Å². The summed E-state index contributed by atoms with van der Waals surface area (Å²) in [7, 11) is 2.92. The Labute approximate surface area is 210 Å². The number of carbonyl (C=O) groups excluding carboxylic acids is 1. The van der Waals surface area contributed by atoms with Crippen molar-refractivity contribution in [3.05, 3.63) is 34.3 Å². The summed E-state index contributed by atoms with van der Waals surface area (Å²) in [6.45, 7) is 4.37. The van der Waals surface area contributed by atoms with E-state index in [0.717, 1.165) is 31.5 Å². The van der Waals surface area contributed by atoms with Gasteiger partial charge in [0.2, 0.25) is 5.95 Å². The summed E-state index contributed by atoms with van der Waals surface area (Å²) in [6, 6.07) is 5.52. The third kappa shape index (κ3) is 5.88. The van der Waals surface area contributed by atoms with Gasteiger partial charge in [-0.05, 0) is 36.5 Å². The number of nitrogens with zero attached hydrogens (tertiary/aromatic N) is 4. The SMILES string of the molecule is COC(=O)c1c(NCc2ccc(OC)c(Cl)c2)nc(N2CCC(CO)CC2)nc1N1CCOCC1. The molecule has 1 aromatic carbocycles. The van der Waals surface area contributed by atoms with Crippen molar-refractivity contribution >= 4 is 35.2 Å². The molecule has 11 heteroatoms. The van der Waals surface area contributed by atoms with Crippen LogP contribution in [0.5, 0.6) is 5.75 Å². The van der Waals surface area contributed by atoms with Gasteiger partial charge in [0.15, 0.2) is 5.82 Å². The summed E-state index contributed by atoms with van der Waals surface area (Å²) in [5.74, 6) is 1.86. The second-order valence-electron chi connectivity index (χ2n) is 8.60. The normalized spacial score (nSPS) is 16.8. The lowest BCUT2D eigenvalue weighted by molar-refractivity contribution is 0.0600. The maximum Gasteiger partial charge on any atom is 0.345 e. The second-order valence-corrected chi connectivity index (χ2v) is 9.00. The van der Waals surface area contributed by atoms with E-state index in [1.807, 2.05) is 17.0 Å². The molecule has 2 aliphatic rings. The molecule has 2 fully saturated rings. The number of aliphatic hydroxyl groups is 1. The summed E-state index contributed by atoms with van der Waals surface area (Å²) < 4.78 is 15.9. The molecule has 0 aliphatic carbocycles. The number of anilines is 3. The van der Waals surface area contributed by atoms with Crippen molar-refractivity contribution < 1.29 is 24.1 Å². The highest BCUT2D eigenvalue weighted by Gasteiger charge is 2.29. The second kappa shape index (κ2) is 11.7. The Balaban J connectivity index is 1.69. The van der Waals surface area contributed by atoms with Crippen LogP contribution in [0.2, 0.25) is 5.02 Å². The van der Waals surface area contributed by atoms with Crippen molar-refractivity contribution in [2.45, 2.75) is 19.4 Å². The van der Waals surface area contributed by atoms with Crippen LogP contribution in [0, 0.1) is 5.92 Å². The van der Waals surface area contributed by atoms with Crippen LogP contribution in [0.15, 0.2) is 18.2 Å². The number of halogens is 1. The lowest BCUT2D eigenvalue weighted by Crippen LogP contribution is -2.40. The topological polar surface area (TPSA) is 109 Å². The van der Waals surface area contributed by atoms with Gasteiger partial charge in [0.25, 0.3) is 0 Å². The quantitative estimate of drug-likeness (QED) is 0.519.